The number of carbonyl (C=O) groups is 3. The monoisotopic (exact) mass is 2020 g/mol. The van der Waals surface area contributed by atoms with Crippen LogP contribution in [0, 0.1) is 64.3 Å². The minimum Gasteiger partial charge on any atom is -0.490 e. The van der Waals surface area contributed by atoms with Gasteiger partial charge in [-0.3, -0.25) is 9.78 Å². The quantitative estimate of drug-likeness (QED) is 0.0685. The highest BCUT2D eigenvalue weighted by molar-refractivity contribution is 5.80. The van der Waals surface area contributed by atoms with E-state index in [2.05, 4.69) is 147 Å². The molecule has 800 valence electrons. The van der Waals surface area contributed by atoms with Crippen LogP contribution < -0.4 is 38.5 Å². The Hall–Kier alpha value is -10.5. The van der Waals surface area contributed by atoms with E-state index in [1.54, 1.807) is 48.3 Å². The lowest BCUT2D eigenvalue weighted by molar-refractivity contribution is -0.139. The largest absolute Gasteiger partial charge is 0.490 e. The Bertz CT molecular complexity index is 5460. The molecule has 0 bridgehead atoms. The number of pyridine rings is 1. The number of hydrogen-bond acceptors (Lipinski definition) is 15. The number of likely N-dealkylation sites (tertiary alicyclic amines) is 2. The van der Waals surface area contributed by atoms with Gasteiger partial charge in [-0.2, -0.15) is 0 Å². The van der Waals surface area contributed by atoms with Gasteiger partial charge < -0.3 is 67.8 Å². The van der Waals surface area contributed by atoms with Crippen molar-refractivity contribution in [3.05, 3.63) is 249 Å². The van der Waals surface area contributed by atoms with E-state index in [0.717, 1.165) is 148 Å². The minimum atomic E-state index is -1.12. The average molecular weight is 2030 g/mol. The third kappa shape index (κ3) is 41.6. The summed E-state index contributed by atoms with van der Waals surface area (Å²) in [6.07, 6.45) is 11.4. The van der Waals surface area contributed by atoms with Gasteiger partial charge >= 0.3 is 12.1 Å². The van der Waals surface area contributed by atoms with Crippen LogP contribution in [0.3, 0.4) is 0 Å². The van der Waals surface area contributed by atoms with Crippen LogP contribution in [0.5, 0.6) is 40.2 Å². The van der Waals surface area contributed by atoms with Crippen LogP contribution in [0.15, 0.2) is 158 Å². The van der Waals surface area contributed by atoms with E-state index in [1.165, 1.54) is 71.3 Å². The third-order valence-corrected chi connectivity index (χ3v) is 25.6. The number of benzene rings is 8. The van der Waals surface area contributed by atoms with E-state index in [4.69, 9.17) is 47.7 Å². The van der Waals surface area contributed by atoms with Crippen molar-refractivity contribution in [3.8, 4) is 40.2 Å². The molecule has 0 saturated carbocycles. The summed E-state index contributed by atoms with van der Waals surface area (Å²) in [7, 11) is 3.78. The lowest BCUT2D eigenvalue weighted by Gasteiger charge is -2.29. The molecule has 0 spiro atoms. The van der Waals surface area contributed by atoms with E-state index in [9.17, 15) is 49.5 Å². The second kappa shape index (κ2) is 55.5. The van der Waals surface area contributed by atoms with Crippen molar-refractivity contribution in [2.24, 2.45) is 17.8 Å². The second-order valence-corrected chi connectivity index (χ2v) is 46.4. The zero-order valence-electron chi connectivity index (χ0n) is 91.4. The summed E-state index contributed by atoms with van der Waals surface area (Å²) >= 11 is 0. The molecule has 0 unspecified atom stereocenters. The summed E-state index contributed by atoms with van der Waals surface area (Å²) in [6, 6.07) is 41.9. The fourth-order valence-corrected chi connectivity index (χ4v) is 15.6. The second-order valence-electron chi connectivity index (χ2n) is 46.4. The molecule has 0 radical (unpaired) electrons. The van der Waals surface area contributed by atoms with Gasteiger partial charge in [0, 0.05) is 64.2 Å². The van der Waals surface area contributed by atoms with E-state index in [1.807, 2.05) is 109 Å². The lowest BCUT2D eigenvalue weighted by Crippen LogP contribution is -2.32. The smallest absolute Gasteiger partial charge is 0.415 e. The molecule has 2 N–H and O–H groups in total. The summed E-state index contributed by atoms with van der Waals surface area (Å²) < 4.78 is 158. The van der Waals surface area contributed by atoms with E-state index < -0.39 is 30.3 Å². The van der Waals surface area contributed by atoms with Crippen molar-refractivity contribution < 1.29 is 97.2 Å². The summed E-state index contributed by atoms with van der Waals surface area (Å²) in [5, 5.41) is 12.4. The van der Waals surface area contributed by atoms with Gasteiger partial charge in [-0.1, -0.05) is 222 Å². The Balaban J connectivity index is 0.000000225. The zero-order valence-corrected chi connectivity index (χ0v) is 91.4. The standard InChI is InChI=1S/C17H26FNO.C16H24FNO.C16H23FO2.C15H20FNO2.C15H22FNO2.C15H21FO2.C13H14FN.C12H15FO3/c1-17(2,3)14-5-6-15(18)16(11-14)20-12-13-7-9-19(4)10-8-13;2*1-16(2,3)13-4-5-14(17)15(10-13)19-11-12-6-8-18-9-7-12;1-15(2,3)11-6-7-12(16)13(9-11)19-10-17-8-4-5-14(17)18;1-6-9-17(5)14(18)19-13-10-11(15(2,3)4)7-8-12(13)16;1-15(2,3)11-4-5-13(16)14(10-11)18-12-6-8-17-9-7-12;1-13(2,3)9-4-5-10-11(14)6-7-15-12(10)8-9;1-12(2,3)8-4-5-9(13)10(6-8)16-7-11(14)15/h5-6,11,13H,7-10,12H2,1-4H3;4-5,10,12,18H,6-9,11H2,1-3H3;4-5,10,12H,6-9,11H2,1-3H3;6-7,9H,4-5,8,10H2,1-3H3;7-8,10H,6,9H2,1-5H3;4-5,10,12H,6-9H2,1-3H3;4-8H,1-3H3;4-6H,7H2,1-3H3,(H,14,15). The molecule has 0 atom stereocenters. The minimum absolute atomic E-state index is 0.00147. The molecule has 2 amide bonds. The highest BCUT2D eigenvalue weighted by Crippen LogP contribution is 2.38. The van der Waals surface area contributed by atoms with Gasteiger partial charge in [0.15, 0.2) is 94.3 Å². The third-order valence-electron chi connectivity index (χ3n) is 25.6. The number of aromatic nitrogens is 1. The number of carboxylic acid groups (broad SMARTS) is 1. The molecule has 5 saturated heterocycles. The molecular formula is C119H165F8N5O13. The van der Waals surface area contributed by atoms with Crippen molar-refractivity contribution in [1.82, 2.24) is 25.0 Å². The van der Waals surface area contributed by atoms with Gasteiger partial charge in [0.2, 0.25) is 5.91 Å². The summed E-state index contributed by atoms with van der Waals surface area (Å²) in [4.78, 5) is 43.1. The van der Waals surface area contributed by atoms with E-state index >= 15 is 0 Å². The maximum absolute atomic E-state index is 13.8. The topological polar surface area (TPSA) is 189 Å². The summed E-state index contributed by atoms with van der Waals surface area (Å²) in [5.41, 5.74) is 8.92. The number of carbonyl (C=O) groups excluding carboxylic acids is 2. The molecule has 0 aliphatic carbocycles. The number of halogens is 8. The first-order valence-electron chi connectivity index (χ1n) is 51.1. The van der Waals surface area contributed by atoms with Crippen LogP contribution in [-0.2, 0) is 62.4 Å². The predicted molar refractivity (Wildman–Crippen MR) is 565 cm³/mol. The number of piperidine rings is 2. The van der Waals surface area contributed by atoms with Crippen LogP contribution >= 0.6 is 0 Å². The molecular weight excluding hydrogens is 1860 g/mol. The molecule has 5 fully saturated rings. The van der Waals surface area contributed by atoms with Gasteiger partial charge in [-0.25, -0.2) is 44.7 Å². The van der Waals surface area contributed by atoms with Crippen molar-refractivity contribution >= 4 is 28.9 Å². The van der Waals surface area contributed by atoms with Crippen molar-refractivity contribution in [1.29, 1.82) is 0 Å². The fraction of sp³-hybridized carbons (Fsp3) is 0.546. The van der Waals surface area contributed by atoms with Crippen LogP contribution in [0.2, 0.25) is 0 Å². The summed E-state index contributed by atoms with van der Waals surface area (Å²) in [5.74, 6) is -0.511. The van der Waals surface area contributed by atoms with Crippen LogP contribution in [-0.4, -0.2) is 162 Å². The molecule has 14 rings (SSSR count). The zero-order chi connectivity index (χ0) is 108. The van der Waals surface area contributed by atoms with Crippen molar-refractivity contribution in [3.63, 3.8) is 0 Å². The number of nitrogens with zero attached hydrogens (tertiary/aromatic N) is 4. The number of carboxylic acids is 1. The Kier molecular flexibility index (Phi) is 46.4. The van der Waals surface area contributed by atoms with Crippen LogP contribution in [0.1, 0.15) is 288 Å². The molecule has 8 aromatic carbocycles. The highest BCUT2D eigenvalue weighted by Gasteiger charge is 2.30. The van der Waals surface area contributed by atoms with Gasteiger partial charge in [-0.05, 0) is 293 Å². The first-order chi connectivity index (χ1) is 67.7. The molecule has 1 aromatic heterocycles. The molecule has 5 aliphatic heterocycles. The molecule has 5 aliphatic rings. The Morgan fingerprint density at radius 3 is 1.10 bits per heavy atom. The van der Waals surface area contributed by atoms with E-state index in [0.29, 0.717) is 98.7 Å². The number of hydrogen-bond donors (Lipinski definition) is 2. The first-order valence-corrected chi connectivity index (χ1v) is 51.1. The molecule has 6 heterocycles. The summed E-state index contributed by atoms with van der Waals surface area (Å²) in [6.45, 7) is 62.0. The maximum Gasteiger partial charge on any atom is 0.415 e. The number of nitrogens with one attached hydrogen (secondary N) is 1. The number of rotatable bonds is 20. The highest BCUT2D eigenvalue weighted by atomic mass is 19.2. The molecule has 9 aromatic rings. The van der Waals surface area contributed by atoms with Gasteiger partial charge in [-0.15, -0.1) is 0 Å². The number of fused-ring (bicyclic) bond motifs is 1. The molecule has 145 heavy (non-hydrogen) atoms. The van der Waals surface area contributed by atoms with Crippen LogP contribution in [0.4, 0.5) is 39.9 Å². The lowest BCUT2D eigenvalue weighted by atomic mass is 9.86. The van der Waals surface area contributed by atoms with Gasteiger partial charge in [0.05, 0.1) is 38.6 Å². The van der Waals surface area contributed by atoms with Crippen molar-refractivity contribution in [2.75, 3.05) is 113 Å². The maximum atomic E-state index is 13.8. The number of ether oxygens (including phenoxy) is 9. The number of aliphatic carboxylic acids is 1. The molecule has 18 nitrogen and oxygen atoms in total. The molecule has 26 heteroatoms. The van der Waals surface area contributed by atoms with Gasteiger partial charge in [0.25, 0.3) is 0 Å². The normalized spacial score (nSPS) is 15.4. The van der Waals surface area contributed by atoms with Crippen molar-refractivity contribution in [2.45, 2.75) is 293 Å². The Morgan fingerprint density at radius 2 is 0.731 bits per heavy atom. The van der Waals surface area contributed by atoms with Crippen LogP contribution in [0.25, 0.3) is 10.9 Å². The SMILES string of the molecule is CC(C)(C)c1ccc(F)c(OC2CCOCC2)c1.CC(C)(C)c1ccc(F)c(OCC(=O)O)c1.CC(C)(C)c1ccc(F)c(OCC2CCNCC2)c1.CC(C)(C)c1ccc(F)c(OCC2CCOCC2)c1.CC(C)(C)c1ccc(F)c(OCN2CCCC2=O)c1.CC(C)(C)c1ccc2c(F)ccnc2c1.CCCN(C)C(=O)Oc1cc(C(C)(C)C)ccc1F.CN1CCC(COc2cc(C(C)(C)C)ccc2F)CC1. The average Bonchev–Trinajstić information content (AvgIpc) is 1.08. The fourth-order valence-electron chi connectivity index (χ4n) is 15.6. The number of amides is 2. The Labute approximate surface area is 859 Å². The first kappa shape index (κ1) is 121. The van der Waals surface area contributed by atoms with E-state index in [-0.39, 0.29) is 114 Å². The predicted octanol–water partition coefficient (Wildman–Crippen LogP) is 28.3. The Morgan fingerprint density at radius 1 is 0.407 bits per heavy atom. The van der Waals surface area contributed by atoms with Gasteiger partial charge in [0.1, 0.15) is 11.9 Å².